The van der Waals surface area contributed by atoms with Crippen LogP contribution in [0.4, 0.5) is 0 Å². The van der Waals surface area contributed by atoms with Gasteiger partial charge >= 0.3 is 0 Å². The Morgan fingerprint density at radius 1 is 1.22 bits per heavy atom. The second kappa shape index (κ2) is 5.30. The van der Waals surface area contributed by atoms with Gasteiger partial charge in [0.2, 0.25) is 0 Å². The van der Waals surface area contributed by atoms with Crippen LogP contribution in [0.3, 0.4) is 0 Å². The van der Waals surface area contributed by atoms with Gasteiger partial charge in [-0.1, -0.05) is 0 Å². The van der Waals surface area contributed by atoms with Crippen molar-refractivity contribution in [2.75, 3.05) is 6.61 Å². The van der Waals surface area contributed by atoms with Crippen LogP contribution in [-0.4, -0.2) is 38.3 Å². The van der Waals surface area contributed by atoms with Crippen molar-refractivity contribution >= 4 is 5.91 Å². The summed E-state index contributed by atoms with van der Waals surface area (Å²) in [6.45, 7) is 0.709. The number of hydrogen-bond donors (Lipinski definition) is 1. The molecule has 4 bridgehead atoms. The summed E-state index contributed by atoms with van der Waals surface area (Å²) >= 11 is 0. The number of carbonyl (C=O) groups is 1. The highest BCUT2D eigenvalue weighted by Gasteiger charge is 2.60. The number of ether oxygens (including phenoxy) is 1. The molecule has 1 aromatic heterocycles. The van der Waals surface area contributed by atoms with Gasteiger partial charge in [-0.05, 0) is 79.3 Å². The van der Waals surface area contributed by atoms with E-state index in [9.17, 15) is 4.79 Å². The Bertz CT molecular complexity index is 895. The number of carbonyl (C=O) groups excluding carboxylic acids is 1. The predicted molar refractivity (Wildman–Crippen MR) is 96.3 cm³/mol. The van der Waals surface area contributed by atoms with Crippen molar-refractivity contribution in [1.29, 1.82) is 0 Å². The lowest BCUT2D eigenvalue weighted by atomic mass is 9.50. The number of tetrazole rings is 1. The Balaban J connectivity index is 1.30. The van der Waals surface area contributed by atoms with Gasteiger partial charge in [0.15, 0.2) is 6.33 Å². The highest BCUT2D eigenvalue weighted by atomic mass is 16.5. The second-order valence-corrected chi connectivity index (χ2v) is 9.07. The summed E-state index contributed by atoms with van der Waals surface area (Å²) in [4.78, 5) is 14.9. The third kappa shape index (κ3) is 2.33. The summed E-state index contributed by atoms with van der Waals surface area (Å²) in [5, 5.41) is 16.0. The Hall–Kier alpha value is -2.44. The van der Waals surface area contributed by atoms with Crippen LogP contribution < -0.4 is 10.1 Å². The summed E-state index contributed by atoms with van der Waals surface area (Å²) < 4.78 is 5.57. The normalized spacial score (nSPS) is 35.7. The lowest BCUT2D eigenvalue weighted by Gasteiger charge is -2.61. The van der Waals surface area contributed by atoms with Crippen LogP contribution in [0.25, 0.3) is 0 Å². The maximum absolute atomic E-state index is 13.1. The second-order valence-electron chi connectivity index (χ2n) is 9.07. The lowest BCUT2D eigenvalue weighted by Crippen LogP contribution is -2.66. The van der Waals surface area contributed by atoms with Crippen LogP contribution in [0, 0.1) is 11.8 Å². The number of amides is 1. The standard InChI is InChI=1S/C20H23N5O2/c26-18(16-1-2-17-15(6-16)3-4-27-17)23-19-7-13-5-14(8-19)10-20(9-13,11-19)25-22-12-21-24-25/h1-2,6,12-14H,3-5,7-11H2,(H,23,26). The zero-order valence-electron chi connectivity index (χ0n) is 15.2. The third-order valence-corrected chi connectivity index (χ3v) is 7.13. The van der Waals surface area contributed by atoms with Crippen LogP contribution in [0.1, 0.15) is 54.4 Å². The molecule has 1 aliphatic heterocycles. The summed E-state index contributed by atoms with van der Waals surface area (Å²) in [5.74, 6) is 2.21. The zero-order valence-corrected chi connectivity index (χ0v) is 15.2. The number of hydrogen-bond acceptors (Lipinski definition) is 5. The average molecular weight is 365 g/mol. The number of nitrogens with one attached hydrogen (secondary N) is 1. The van der Waals surface area contributed by atoms with E-state index in [1.165, 1.54) is 12.7 Å². The Labute approximate surface area is 157 Å². The molecule has 7 heteroatoms. The number of nitrogens with zero attached hydrogens (tertiary/aromatic N) is 4. The van der Waals surface area contributed by atoms with E-state index in [-0.39, 0.29) is 17.0 Å². The van der Waals surface area contributed by atoms with Gasteiger partial charge in [-0.25, -0.2) is 0 Å². The first-order valence-corrected chi connectivity index (χ1v) is 9.95. The van der Waals surface area contributed by atoms with Crippen molar-refractivity contribution in [2.24, 2.45) is 11.8 Å². The summed E-state index contributed by atoms with van der Waals surface area (Å²) in [6, 6.07) is 5.80. The highest BCUT2D eigenvalue weighted by Crippen LogP contribution is 2.60. The van der Waals surface area contributed by atoms with Crippen molar-refractivity contribution in [3.8, 4) is 5.75 Å². The van der Waals surface area contributed by atoms with E-state index in [4.69, 9.17) is 4.74 Å². The fraction of sp³-hybridized carbons (Fsp3) is 0.600. The molecule has 0 spiro atoms. The van der Waals surface area contributed by atoms with Crippen molar-refractivity contribution in [3.63, 3.8) is 0 Å². The summed E-state index contributed by atoms with van der Waals surface area (Å²) in [6.07, 6.45) is 8.93. The van der Waals surface area contributed by atoms with E-state index in [1.807, 2.05) is 23.0 Å². The van der Waals surface area contributed by atoms with Crippen LogP contribution in [0.2, 0.25) is 0 Å². The van der Waals surface area contributed by atoms with Crippen molar-refractivity contribution in [3.05, 3.63) is 35.7 Å². The van der Waals surface area contributed by atoms with Crippen LogP contribution in [0.5, 0.6) is 5.75 Å². The minimum Gasteiger partial charge on any atom is -0.493 e. The van der Waals surface area contributed by atoms with Gasteiger partial charge in [-0.2, -0.15) is 4.80 Å². The molecule has 7 rings (SSSR count). The zero-order chi connectivity index (χ0) is 18.1. The molecule has 2 unspecified atom stereocenters. The van der Waals surface area contributed by atoms with Crippen LogP contribution >= 0.6 is 0 Å². The molecule has 7 nitrogen and oxygen atoms in total. The van der Waals surface area contributed by atoms with E-state index in [1.54, 1.807) is 0 Å². The molecule has 140 valence electrons. The molecule has 0 saturated heterocycles. The predicted octanol–water partition coefficient (Wildman–Crippen LogP) is 2.09. The molecular weight excluding hydrogens is 342 g/mol. The fourth-order valence-corrected chi connectivity index (χ4v) is 6.62. The molecule has 0 radical (unpaired) electrons. The first-order chi connectivity index (χ1) is 13.1. The first kappa shape index (κ1) is 15.6. The molecule has 1 amide bonds. The van der Waals surface area contributed by atoms with E-state index in [0.29, 0.717) is 18.4 Å². The van der Waals surface area contributed by atoms with Crippen molar-refractivity contribution < 1.29 is 9.53 Å². The molecule has 4 aliphatic carbocycles. The molecule has 4 saturated carbocycles. The van der Waals surface area contributed by atoms with Crippen molar-refractivity contribution in [2.45, 2.75) is 56.0 Å². The monoisotopic (exact) mass is 365 g/mol. The topological polar surface area (TPSA) is 81.9 Å². The molecule has 1 N–H and O–H groups in total. The quantitative estimate of drug-likeness (QED) is 0.901. The largest absolute Gasteiger partial charge is 0.493 e. The maximum atomic E-state index is 13.1. The maximum Gasteiger partial charge on any atom is 0.251 e. The van der Waals surface area contributed by atoms with Crippen molar-refractivity contribution in [1.82, 2.24) is 25.5 Å². The SMILES string of the molecule is O=C(NC12CC3CC(C1)CC(n1ncnn1)(C3)C2)c1ccc2c(c1)CCO2. The lowest BCUT2D eigenvalue weighted by molar-refractivity contribution is -0.0810. The first-order valence-electron chi connectivity index (χ1n) is 9.95. The molecule has 1 aromatic carbocycles. The van der Waals surface area contributed by atoms with Gasteiger partial charge in [-0.15, -0.1) is 10.2 Å². The molecular formula is C20H23N5O2. The molecule has 2 atom stereocenters. The Kier molecular flexibility index (Phi) is 3.06. The van der Waals surface area contributed by atoms with Gasteiger partial charge in [-0.3, -0.25) is 4.79 Å². The molecule has 27 heavy (non-hydrogen) atoms. The fourth-order valence-electron chi connectivity index (χ4n) is 6.62. The summed E-state index contributed by atoms with van der Waals surface area (Å²) in [7, 11) is 0. The number of aromatic nitrogens is 4. The Morgan fingerprint density at radius 3 is 2.85 bits per heavy atom. The molecule has 5 aliphatic rings. The van der Waals surface area contributed by atoms with Gasteiger partial charge in [0, 0.05) is 17.5 Å². The number of fused-ring (bicyclic) bond motifs is 1. The van der Waals surface area contributed by atoms with E-state index in [0.717, 1.165) is 55.4 Å². The van der Waals surface area contributed by atoms with E-state index < -0.39 is 0 Å². The van der Waals surface area contributed by atoms with E-state index in [2.05, 4.69) is 20.7 Å². The highest BCUT2D eigenvalue weighted by molar-refractivity contribution is 5.95. The number of benzene rings is 1. The molecule has 2 aromatic rings. The third-order valence-electron chi connectivity index (χ3n) is 7.13. The average Bonchev–Trinajstić information content (AvgIpc) is 3.31. The minimum absolute atomic E-state index is 0.0355. The van der Waals surface area contributed by atoms with Crippen LogP contribution in [0.15, 0.2) is 24.5 Å². The molecule has 2 heterocycles. The Morgan fingerprint density at radius 2 is 2.07 bits per heavy atom. The number of rotatable bonds is 3. The molecule has 4 fully saturated rings. The van der Waals surface area contributed by atoms with Gasteiger partial charge in [0.05, 0.1) is 12.1 Å². The minimum atomic E-state index is -0.149. The van der Waals surface area contributed by atoms with Gasteiger partial charge in [0.25, 0.3) is 5.91 Å². The van der Waals surface area contributed by atoms with Crippen LogP contribution in [-0.2, 0) is 12.0 Å². The summed E-state index contributed by atoms with van der Waals surface area (Å²) in [5.41, 5.74) is 1.64. The smallest absolute Gasteiger partial charge is 0.251 e. The van der Waals surface area contributed by atoms with Gasteiger partial charge < -0.3 is 10.1 Å². The van der Waals surface area contributed by atoms with E-state index >= 15 is 0 Å². The van der Waals surface area contributed by atoms with Gasteiger partial charge in [0.1, 0.15) is 5.75 Å².